The molecule has 1 aliphatic rings. The summed E-state index contributed by atoms with van der Waals surface area (Å²) in [6, 6.07) is 3.70. The van der Waals surface area contributed by atoms with Crippen LogP contribution in [0.4, 0.5) is 0 Å². The van der Waals surface area contributed by atoms with Gasteiger partial charge in [0, 0.05) is 19.7 Å². The first kappa shape index (κ1) is 15.0. The van der Waals surface area contributed by atoms with E-state index >= 15 is 0 Å². The van der Waals surface area contributed by atoms with Gasteiger partial charge in [0.15, 0.2) is 0 Å². The molecule has 6 heteroatoms. The van der Waals surface area contributed by atoms with Gasteiger partial charge in [-0.3, -0.25) is 4.79 Å². The number of hydrogen-bond acceptors (Lipinski definition) is 5. The number of hydrogen-bond donors (Lipinski definition) is 2. The third-order valence-electron chi connectivity index (χ3n) is 3.25. The fourth-order valence-corrected chi connectivity index (χ4v) is 2.14. The molecule has 0 aromatic carbocycles. The van der Waals surface area contributed by atoms with Crippen molar-refractivity contribution in [3.63, 3.8) is 0 Å². The van der Waals surface area contributed by atoms with Crippen LogP contribution in [0.5, 0.6) is 0 Å². The van der Waals surface area contributed by atoms with Crippen LogP contribution in [-0.2, 0) is 20.9 Å². The molecular weight excluding hydrogens is 260 g/mol. The maximum absolute atomic E-state index is 11.8. The van der Waals surface area contributed by atoms with Crippen molar-refractivity contribution in [2.45, 2.75) is 38.1 Å². The van der Waals surface area contributed by atoms with E-state index in [-0.39, 0.29) is 18.1 Å². The van der Waals surface area contributed by atoms with Crippen LogP contribution in [0, 0.1) is 0 Å². The molecule has 0 bridgehead atoms. The molecule has 6 nitrogen and oxygen atoms in total. The molecular formula is C14H22N2O4. The molecule has 1 aromatic heterocycles. The minimum Gasteiger partial charge on any atom is -0.467 e. The molecule has 3 N–H and O–H groups in total. The van der Waals surface area contributed by atoms with Gasteiger partial charge >= 0.3 is 0 Å². The molecule has 1 fully saturated rings. The average molecular weight is 282 g/mol. The van der Waals surface area contributed by atoms with Gasteiger partial charge in [-0.05, 0) is 31.4 Å². The van der Waals surface area contributed by atoms with E-state index in [2.05, 4.69) is 5.32 Å². The molecule has 0 saturated carbocycles. The van der Waals surface area contributed by atoms with Crippen molar-refractivity contribution in [3.05, 3.63) is 24.2 Å². The van der Waals surface area contributed by atoms with Crippen molar-refractivity contribution in [1.82, 2.24) is 5.32 Å². The summed E-state index contributed by atoms with van der Waals surface area (Å²) in [5.41, 5.74) is 5.51. The average Bonchev–Trinajstić information content (AvgIpc) is 3.13. The molecule has 2 heterocycles. The van der Waals surface area contributed by atoms with Crippen molar-refractivity contribution in [3.8, 4) is 0 Å². The highest BCUT2D eigenvalue weighted by molar-refractivity contribution is 5.80. The van der Waals surface area contributed by atoms with Crippen molar-refractivity contribution >= 4 is 5.91 Å². The van der Waals surface area contributed by atoms with Crippen molar-refractivity contribution in [1.29, 1.82) is 0 Å². The molecule has 1 aliphatic heterocycles. The maximum atomic E-state index is 11.8. The molecule has 0 spiro atoms. The maximum Gasteiger partial charge on any atom is 0.249 e. The van der Waals surface area contributed by atoms with Gasteiger partial charge in [0.05, 0.1) is 12.4 Å². The summed E-state index contributed by atoms with van der Waals surface area (Å²) in [6.45, 7) is 2.11. The lowest BCUT2D eigenvalue weighted by molar-refractivity contribution is -0.131. The van der Waals surface area contributed by atoms with Gasteiger partial charge in [0.2, 0.25) is 5.91 Å². The topological polar surface area (TPSA) is 86.7 Å². The number of furan rings is 1. The Morgan fingerprint density at radius 1 is 1.50 bits per heavy atom. The van der Waals surface area contributed by atoms with E-state index in [0.29, 0.717) is 26.3 Å². The fourth-order valence-electron chi connectivity index (χ4n) is 2.14. The van der Waals surface area contributed by atoms with Gasteiger partial charge in [0.1, 0.15) is 18.5 Å². The summed E-state index contributed by atoms with van der Waals surface area (Å²) in [5, 5.41) is 2.85. The van der Waals surface area contributed by atoms with Crippen molar-refractivity contribution < 1.29 is 18.7 Å². The smallest absolute Gasteiger partial charge is 0.249 e. The Morgan fingerprint density at radius 2 is 2.40 bits per heavy atom. The number of nitrogens with one attached hydrogen (secondary N) is 1. The number of carbonyl (C=O) groups is 1. The van der Waals surface area contributed by atoms with Crippen LogP contribution in [0.1, 0.15) is 25.0 Å². The zero-order valence-electron chi connectivity index (χ0n) is 11.5. The van der Waals surface area contributed by atoms with Crippen LogP contribution in [0.3, 0.4) is 0 Å². The zero-order chi connectivity index (χ0) is 14.2. The molecule has 2 rings (SSSR count). The zero-order valence-corrected chi connectivity index (χ0v) is 11.5. The predicted octanol–water partition coefficient (Wildman–Crippen LogP) is 0.809. The van der Waals surface area contributed by atoms with Crippen molar-refractivity contribution in [2.75, 3.05) is 19.7 Å². The van der Waals surface area contributed by atoms with E-state index in [9.17, 15) is 4.79 Å². The summed E-state index contributed by atoms with van der Waals surface area (Å²) < 4.78 is 16.1. The van der Waals surface area contributed by atoms with E-state index in [0.717, 1.165) is 25.0 Å². The summed E-state index contributed by atoms with van der Waals surface area (Å²) in [4.78, 5) is 11.8. The summed E-state index contributed by atoms with van der Waals surface area (Å²) in [6.07, 6.45) is 3.69. The Bertz CT molecular complexity index is 394. The third-order valence-corrected chi connectivity index (χ3v) is 3.25. The summed E-state index contributed by atoms with van der Waals surface area (Å²) in [7, 11) is 0. The van der Waals surface area contributed by atoms with Crippen LogP contribution in [0.2, 0.25) is 0 Å². The van der Waals surface area contributed by atoms with Gasteiger partial charge in [-0.2, -0.15) is 0 Å². The minimum atomic E-state index is -0.340. The van der Waals surface area contributed by atoms with E-state index in [4.69, 9.17) is 19.6 Å². The second-order valence-corrected chi connectivity index (χ2v) is 4.84. The predicted molar refractivity (Wildman–Crippen MR) is 72.9 cm³/mol. The molecule has 112 valence electrons. The number of carbonyl (C=O) groups excluding carboxylic acids is 1. The van der Waals surface area contributed by atoms with Crippen LogP contribution >= 0.6 is 0 Å². The minimum absolute atomic E-state index is 0.0300. The molecule has 20 heavy (non-hydrogen) atoms. The quantitative estimate of drug-likeness (QED) is 0.689. The standard InChI is InChI=1S/C14H22N2O4/c15-9-11-4-5-13(20-11)14(17)16-6-2-7-18-10-12-3-1-8-19-12/h1,3,8,11,13H,2,4-7,9-10,15H2,(H,16,17). The first-order valence-corrected chi connectivity index (χ1v) is 7.03. The lowest BCUT2D eigenvalue weighted by atomic mass is 10.2. The second kappa shape index (κ2) is 8.04. The molecule has 1 aromatic rings. The first-order chi connectivity index (χ1) is 9.79. The van der Waals surface area contributed by atoms with Crippen LogP contribution < -0.4 is 11.1 Å². The molecule has 0 radical (unpaired) electrons. The molecule has 1 amide bonds. The highest BCUT2D eigenvalue weighted by Gasteiger charge is 2.29. The monoisotopic (exact) mass is 282 g/mol. The van der Waals surface area contributed by atoms with Gasteiger partial charge in [-0.15, -0.1) is 0 Å². The Kier molecular flexibility index (Phi) is 6.04. The Balaban J connectivity index is 1.49. The molecule has 2 unspecified atom stereocenters. The Labute approximate surface area is 118 Å². The van der Waals surface area contributed by atoms with E-state index < -0.39 is 0 Å². The lowest BCUT2D eigenvalue weighted by Crippen LogP contribution is -2.36. The van der Waals surface area contributed by atoms with Gasteiger partial charge in [-0.25, -0.2) is 0 Å². The van der Waals surface area contributed by atoms with E-state index in [1.807, 2.05) is 12.1 Å². The number of amides is 1. The van der Waals surface area contributed by atoms with E-state index in [1.54, 1.807) is 6.26 Å². The second-order valence-electron chi connectivity index (χ2n) is 4.84. The number of nitrogens with two attached hydrogens (primary N) is 1. The lowest BCUT2D eigenvalue weighted by Gasteiger charge is -2.12. The largest absolute Gasteiger partial charge is 0.467 e. The summed E-state index contributed by atoms with van der Waals surface area (Å²) in [5.74, 6) is 0.758. The third kappa shape index (κ3) is 4.63. The van der Waals surface area contributed by atoms with Gasteiger partial charge < -0.3 is 24.9 Å². The highest BCUT2D eigenvalue weighted by atomic mass is 16.5. The van der Waals surface area contributed by atoms with Crippen LogP contribution in [0.25, 0.3) is 0 Å². The molecule has 1 saturated heterocycles. The SMILES string of the molecule is NCC1CCC(C(=O)NCCCOCc2ccco2)O1. The van der Waals surface area contributed by atoms with Gasteiger partial charge in [0.25, 0.3) is 0 Å². The number of ether oxygens (including phenoxy) is 2. The first-order valence-electron chi connectivity index (χ1n) is 7.03. The van der Waals surface area contributed by atoms with Crippen molar-refractivity contribution in [2.24, 2.45) is 5.73 Å². The normalized spacial score (nSPS) is 22.1. The van der Waals surface area contributed by atoms with Crippen LogP contribution in [-0.4, -0.2) is 37.8 Å². The fraction of sp³-hybridized carbons (Fsp3) is 0.643. The van der Waals surface area contributed by atoms with Crippen LogP contribution in [0.15, 0.2) is 22.8 Å². The molecule has 2 atom stereocenters. The van der Waals surface area contributed by atoms with E-state index in [1.165, 1.54) is 0 Å². The molecule has 0 aliphatic carbocycles. The number of rotatable bonds is 8. The summed E-state index contributed by atoms with van der Waals surface area (Å²) >= 11 is 0. The highest BCUT2D eigenvalue weighted by Crippen LogP contribution is 2.18. The van der Waals surface area contributed by atoms with Gasteiger partial charge in [-0.1, -0.05) is 0 Å². The Hall–Kier alpha value is -1.37. The Morgan fingerprint density at radius 3 is 3.10 bits per heavy atom.